The van der Waals surface area contributed by atoms with Crippen LogP contribution >= 0.6 is 23.2 Å². The number of halogens is 2. The Bertz CT molecular complexity index is 640. The van der Waals surface area contributed by atoms with E-state index in [1.165, 1.54) is 12.1 Å². The summed E-state index contributed by atoms with van der Waals surface area (Å²) in [6, 6.07) is 2.97. The zero-order valence-corrected chi connectivity index (χ0v) is 13.9. The van der Waals surface area contributed by atoms with E-state index < -0.39 is 10.0 Å². The maximum absolute atomic E-state index is 13.0. The van der Waals surface area contributed by atoms with Gasteiger partial charge in [0.15, 0.2) is 0 Å². The molecule has 2 N–H and O–H groups in total. The SMILES string of the molecule is Nc1cc(Cl)c(S(=O)(=O)N2CCCC3CCCC32)c(Cl)c1. The van der Waals surface area contributed by atoms with Crippen LogP contribution in [0.2, 0.25) is 10.0 Å². The molecule has 116 valence electrons. The number of rotatable bonds is 2. The number of sulfonamides is 1. The highest BCUT2D eigenvalue weighted by Gasteiger charge is 2.42. The van der Waals surface area contributed by atoms with Gasteiger partial charge in [0.05, 0.1) is 10.0 Å². The molecule has 3 rings (SSSR count). The van der Waals surface area contributed by atoms with Crippen LogP contribution in [0, 0.1) is 5.92 Å². The predicted octanol–water partition coefficient (Wildman–Crippen LogP) is 3.53. The molecule has 2 unspecified atom stereocenters. The number of piperidine rings is 1. The zero-order chi connectivity index (χ0) is 15.2. The number of nitrogens with two attached hydrogens (primary N) is 1. The van der Waals surface area contributed by atoms with Crippen molar-refractivity contribution in [1.82, 2.24) is 4.31 Å². The lowest BCUT2D eigenvalue weighted by atomic mass is 9.94. The molecule has 0 spiro atoms. The van der Waals surface area contributed by atoms with Gasteiger partial charge in [-0.3, -0.25) is 0 Å². The summed E-state index contributed by atoms with van der Waals surface area (Å²) in [5, 5.41) is 0.195. The molecule has 1 saturated carbocycles. The number of nitrogen functional groups attached to an aromatic ring is 1. The third-order valence-electron chi connectivity index (χ3n) is 4.53. The number of hydrogen-bond acceptors (Lipinski definition) is 3. The third-order valence-corrected chi connectivity index (χ3v) is 7.38. The highest BCUT2D eigenvalue weighted by atomic mass is 35.5. The van der Waals surface area contributed by atoms with Crippen molar-refractivity contribution in [1.29, 1.82) is 0 Å². The first kappa shape index (κ1) is 15.4. The number of anilines is 1. The van der Waals surface area contributed by atoms with Crippen LogP contribution in [-0.4, -0.2) is 25.3 Å². The van der Waals surface area contributed by atoms with E-state index in [2.05, 4.69) is 0 Å². The van der Waals surface area contributed by atoms with Gasteiger partial charge in [0, 0.05) is 18.3 Å². The Kier molecular flexibility index (Phi) is 4.12. The quantitative estimate of drug-likeness (QED) is 0.831. The van der Waals surface area contributed by atoms with Gasteiger partial charge in [-0.25, -0.2) is 8.42 Å². The molecule has 2 atom stereocenters. The second-order valence-electron chi connectivity index (χ2n) is 5.83. The average molecular weight is 349 g/mol. The Morgan fingerprint density at radius 2 is 1.71 bits per heavy atom. The first-order valence-electron chi connectivity index (χ1n) is 7.17. The van der Waals surface area contributed by atoms with Crippen molar-refractivity contribution in [2.24, 2.45) is 5.92 Å². The molecule has 1 aromatic carbocycles. The predicted molar refractivity (Wildman–Crippen MR) is 85.1 cm³/mol. The molecule has 1 saturated heterocycles. The Morgan fingerprint density at radius 1 is 1.10 bits per heavy atom. The highest BCUT2D eigenvalue weighted by molar-refractivity contribution is 7.89. The van der Waals surface area contributed by atoms with E-state index in [1.807, 2.05) is 0 Å². The highest BCUT2D eigenvalue weighted by Crippen LogP contribution is 2.42. The molecule has 7 heteroatoms. The summed E-state index contributed by atoms with van der Waals surface area (Å²) in [5.74, 6) is 0.472. The molecule has 4 nitrogen and oxygen atoms in total. The van der Waals surface area contributed by atoms with E-state index >= 15 is 0 Å². The number of hydrogen-bond donors (Lipinski definition) is 1. The van der Waals surface area contributed by atoms with E-state index in [0.717, 1.165) is 32.1 Å². The second-order valence-corrected chi connectivity index (χ2v) is 8.47. The van der Waals surface area contributed by atoms with Crippen molar-refractivity contribution in [3.63, 3.8) is 0 Å². The summed E-state index contributed by atoms with van der Waals surface area (Å²) >= 11 is 12.2. The minimum atomic E-state index is -3.68. The Balaban J connectivity index is 2.04. The van der Waals surface area contributed by atoms with Crippen LogP contribution in [-0.2, 0) is 10.0 Å². The maximum atomic E-state index is 13.0. The smallest absolute Gasteiger partial charge is 0.246 e. The van der Waals surface area contributed by atoms with Crippen LogP contribution < -0.4 is 5.73 Å². The van der Waals surface area contributed by atoms with Gasteiger partial charge in [0.1, 0.15) is 4.90 Å². The van der Waals surface area contributed by atoms with Gasteiger partial charge >= 0.3 is 0 Å². The molecular weight excluding hydrogens is 331 g/mol. The van der Waals surface area contributed by atoms with Gasteiger partial charge in [-0.1, -0.05) is 29.6 Å². The number of benzene rings is 1. The molecule has 2 fully saturated rings. The molecular formula is C14H18Cl2N2O2S. The van der Waals surface area contributed by atoms with Gasteiger partial charge in [-0.05, 0) is 43.7 Å². The van der Waals surface area contributed by atoms with Crippen molar-refractivity contribution in [3.8, 4) is 0 Å². The molecule has 0 bridgehead atoms. The second kappa shape index (κ2) is 5.61. The standard InChI is InChI=1S/C14H18Cl2N2O2S/c15-11-7-10(17)8-12(16)14(11)21(19,20)18-6-2-4-9-3-1-5-13(9)18/h7-9,13H,1-6,17H2. The van der Waals surface area contributed by atoms with Crippen molar-refractivity contribution >= 4 is 38.9 Å². The third kappa shape index (κ3) is 2.65. The molecule has 1 heterocycles. The lowest BCUT2D eigenvalue weighted by Crippen LogP contribution is -2.46. The fraction of sp³-hybridized carbons (Fsp3) is 0.571. The van der Waals surface area contributed by atoms with Crippen molar-refractivity contribution < 1.29 is 8.42 Å². The first-order chi connectivity index (χ1) is 9.91. The Labute approximate surface area is 135 Å². The Hall–Kier alpha value is -0.490. The van der Waals surface area contributed by atoms with E-state index in [0.29, 0.717) is 18.2 Å². The molecule has 0 amide bonds. The van der Waals surface area contributed by atoms with Crippen LogP contribution in [0.3, 0.4) is 0 Å². The molecule has 0 radical (unpaired) electrons. The summed E-state index contributed by atoms with van der Waals surface area (Å²) in [6.45, 7) is 0.542. The summed E-state index contributed by atoms with van der Waals surface area (Å²) in [7, 11) is -3.68. The molecule has 21 heavy (non-hydrogen) atoms. The van der Waals surface area contributed by atoms with Gasteiger partial charge in [-0.2, -0.15) is 4.31 Å². The van der Waals surface area contributed by atoms with Crippen molar-refractivity contribution in [2.45, 2.75) is 43.0 Å². The van der Waals surface area contributed by atoms with Gasteiger partial charge in [0.2, 0.25) is 10.0 Å². The largest absolute Gasteiger partial charge is 0.399 e. The fourth-order valence-corrected chi connectivity index (χ4v) is 6.59. The Morgan fingerprint density at radius 3 is 2.38 bits per heavy atom. The van der Waals surface area contributed by atoms with Gasteiger partial charge in [0.25, 0.3) is 0 Å². The maximum Gasteiger partial charge on any atom is 0.246 e. The zero-order valence-electron chi connectivity index (χ0n) is 11.6. The van der Waals surface area contributed by atoms with Crippen molar-refractivity contribution in [2.75, 3.05) is 12.3 Å². The molecule has 1 aliphatic heterocycles. The van der Waals surface area contributed by atoms with Crippen LogP contribution in [0.5, 0.6) is 0 Å². The van der Waals surface area contributed by atoms with Crippen LogP contribution in [0.1, 0.15) is 32.1 Å². The molecule has 1 aliphatic carbocycles. The van der Waals surface area contributed by atoms with E-state index in [-0.39, 0.29) is 21.0 Å². The molecule has 2 aliphatic rings. The van der Waals surface area contributed by atoms with Crippen LogP contribution in [0.4, 0.5) is 5.69 Å². The van der Waals surface area contributed by atoms with E-state index in [4.69, 9.17) is 28.9 Å². The van der Waals surface area contributed by atoms with E-state index in [1.54, 1.807) is 4.31 Å². The summed E-state index contributed by atoms with van der Waals surface area (Å²) < 4.78 is 27.6. The van der Waals surface area contributed by atoms with Crippen LogP contribution in [0.25, 0.3) is 0 Å². The normalized spacial score (nSPS) is 26.8. The number of fused-ring (bicyclic) bond motifs is 1. The van der Waals surface area contributed by atoms with Gasteiger partial charge in [-0.15, -0.1) is 0 Å². The van der Waals surface area contributed by atoms with Crippen LogP contribution in [0.15, 0.2) is 17.0 Å². The molecule has 0 aromatic heterocycles. The monoisotopic (exact) mass is 348 g/mol. The van der Waals surface area contributed by atoms with E-state index in [9.17, 15) is 8.42 Å². The minimum Gasteiger partial charge on any atom is -0.399 e. The topological polar surface area (TPSA) is 63.4 Å². The summed E-state index contributed by atoms with van der Waals surface area (Å²) in [5.41, 5.74) is 6.02. The van der Waals surface area contributed by atoms with Gasteiger partial charge < -0.3 is 5.73 Å². The lowest BCUT2D eigenvalue weighted by Gasteiger charge is -2.37. The lowest BCUT2D eigenvalue weighted by molar-refractivity contribution is 0.202. The molecule has 1 aromatic rings. The summed E-state index contributed by atoms with van der Waals surface area (Å²) in [6.07, 6.45) is 5.13. The first-order valence-corrected chi connectivity index (χ1v) is 9.37. The fourth-order valence-electron chi connectivity index (χ4n) is 3.65. The van der Waals surface area contributed by atoms with Crippen molar-refractivity contribution in [3.05, 3.63) is 22.2 Å². The minimum absolute atomic E-state index is 0.00687. The summed E-state index contributed by atoms with van der Waals surface area (Å²) in [4.78, 5) is -0.00687. The average Bonchev–Trinajstić information content (AvgIpc) is 2.84. The number of nitrogens with zero attached hydrogens (tertiary/aromatic N) is 1.